The van der Waals surface area contributed by atoms with E-state index >= 15 is 0 Å². The molecule has 0 aliphatic rings. The van der Waals surface area contributed by atoms with Crippen LogP contribution in [-0.4, -0.2) is 29.0 Å². The van der Waals surface area contributed by atoms with E-state index in [0.29, 0.717) is 28.0 Å². The molecule has 1 heterocycles. The molecule has 0 spiro atoms. The zero-order chi connectivity index (χ0) is 16.1. The van der Waals surface area contributed by atoms with Gasteiger partial charge in [0.2, 0.25) is 5.95 Å². The lowest BCUT2D eigenvalue weighted by Crippen LogP contribution is -2.16. The highest BCUT2D eigenvalue weighted by Crippen LogP contribution is 2.28. The number of hydrogen-bond acceptors (Lipinski definition) is 5. The lowest BCUT2D eigenvalue weighted by Gasteiger charge is -2.11. The van der Waals surface area contributed by atoms with Gasteiger partial charge in [-0.1, -0.05) is 11.6 Å². The largest absolute Gasteiger partial charge is 0.495 e. The first-order chi connectivity index (χ1) is 10.5. The summed E-state index contributed by atoms with van der Waals surface area (Å²) in [6.45, 7) is 3.96. The van der Waals surface area contributed by atoms with Gasteiger partial charge >= 0.3 is 0 Å². The van der Waals surface area contributed by atoms with Crippen molar-refractivity contribution in [3.05, 3.63) is 41.2 Å². The molecule has 0 aliphatic carbocycles. The zero-order valence-electron chi connectivity index (χ0n) is 12.6. The van der Waals surface area contributed by atoms with Gasteiger partial charge in [-0.3, -0.25) is 4.79 Å². The van der Waals surface area contributed by atoms with Crippen LogP contribution in [0.25, 0.3) is 0 Å². The highest BCUT2D eigenvalue weighted by Gasteiger charge is 2.11. The molecule has 1 aromatic carbocycles. The van der Waals surface area contributed by atoms with Gasteiger partial charge in [0.1, 0.15) is 5.75 Å². The second-order valence-corrected chi connectivity index (χ2v) is 5.33. The molecule has 116 valence electrons. The predicted octanol–water partition coefficient (Wildman–Crippen LogP) is 3.21. The van der Waals surface area contributed by atoms with E-state index in [0.717, 1.165) is 0 Å². The number of amides is 1. The first-order valence-corrected chi connectivity index (χ1v) is 7.11. The molecule has 2 aromatic rings. The molecule has 1 aromatic heterocycles. The van der Waals surface area contributed by atoms with Crippen LogP contribution in [0.2, 0.25) is 5.02 Å². The van der Waals surface area contributed by atoms with Crippen molar-refractivity contribution in [1.82, 2.24) is 9.97 Å². The fourth-order valence-corrected chi connectivity index (χ4v) is 1.92. The van der Waals surface area contributed by atoms with Gasteiger partial charge in [0.15, 0.2) is 0 Å². The summed E-state index contributed by atoms with van der Waals surface area (Å²) >= 11 is 5.93. The van der Waals surface area contributed by atoms with E-state index in [2.05, 4.69) is 20.6 Å². The molecule has 0 bridgehead atoms. The van der Waals surface area contributed by atoms with Crippen molar-refractivity contribution in [3.63, 3.8) is 0 Å². The average Bonchev–Trinajstić information content (AvgIpc) is 2.47. The summed E-state index contributed by atoms with van der Waals surface area (Å²) in [4.78, 5) is 20.4. The molecule has 0 saturated carbocycles. The van der Waals surface area contributed by atoms with Gasteiger partial charge in [-0.05, 0) is 32.0 Å². The van der Waals surface area contributed by atoms with Gasteiger partial charge in [0.25, 0.3) is 5.91 Å². The van der Waals surface area contributed by atoms with Crippen molar-refractivity contribution >= 4 is 29.1 Å². The third kappa shape index (κ3) is 4.08. The highest BCUT2D eigenvalue weighted by molar-refractivity contribution is 6.31. The van der Waals surface area contributed by atoms with Crippen LogP contribution in [0, 0.1) is 0 Å². The van der Waals surface area contributed by atoms with Crippen molar-refractivity contribution in [1.29, 1.82) is 0 Å². The van der Waals surface area contributed by atoms with Crippen molar-refractivity contribution in [2.75, 3.05) is 17.7 Å². The number of carbonyl (C=O) groups excluding carboxylic acids is 1. The molecule has 7 heteroatoms. The van der Waals surface area contributed by atoms with Crippen molar-refractivity contribution in [2.24, 2.45) is 0 Å². The second kappa shape index (κ2) is 7.09. The van der Waals surface area contributed by atoms with Gasteiger partial charge < -0.3 is 15.4 Å². The first-order valence-electron chi connectivity index (χ1n) is 6.73. The molecular weight excluding hydrogens is 304 g/mol. The molecule has 2 rings (SSSR count). The van der Waals surface area contributed by atoms with E-state index in [1.54, 1.807) is 18.2 Å². The Morgan fingerprint density at radius 3 is 2.55 bits per heavy atom. The van der Waals surface area contributed by atoms with Crippen LogP contribution in [0.5, 0.6) is 5.75 Å². The Bertz CT molecular complexity index is 659. The van der Waals surface area contributed by atoms with Gasteiger partial charge in [0, 0.05) is 23.5 Å². The van der Waals surface area contributed by atoms with E-state index in [-0.39, 0.29) is 11.9 Å². The number of nitrogens with one attached hydrogen (secondary N) is 2. The van der Waals surface area contributed by atoms with E-state index in [1.165, 1.54) is 19.5 Å². The topological polar surface area (TPSA) is 76.1 Å². The lowest BCUT2D eigenvalue weighted by atomic mass is 10.2. The summed E-state index contributed by atoms with van der Waals surface area (Å²) in [5.74, 6) is 0.667. The molecule has 0 fully saturated rings. The minimum Gasteiger partial charge on any atom is -0.495 e. The predicted molar refractivity (Wildman–Crippen MR) is 86.7 cm³/mol. The van der Waals surface area contributed by atoms with Gasteiger partial charge in [-0.15, -0.1) is 0 Å². The SMILES string of the molecule is COc1ccc(Cl)cc1NC(=O)c1cnc(NC(C)C)nc1. The van der Waals surface area contributed by atoms with E-state index in [9.17, 15) is 4.79 Å². The summed E-state index contributed by atoms with van der Waals surface area (Å²) in [5, 5.41) is 6.29. The summed E-state index contributed by atoms with van der Waals surface area (Å²) in [5.41, 5.74) is 0.834. The number of halogens is 1. The quantitative estimate of drug-likeness (QED) is 0.884. The number of methoxy groups -OCH3 is 1. The van der Waals surface area contributed by atoms with Crippen LogP contribution in [-0.2, 0) is 0 Å². The van der Waals surface area contributed by atoms with Crippen LogP contribution in [0.3, 0.4) is 0 Å². The third-order valence-corrected chi connectivity index (χ3v) is 2.98. The number of rotatable bonds is 5. The van der Waals surface area contributed by atoms with Gasteiger partial charge in [0.05, 0.1) is 18.4 Å². The molecular formula is C15H17ClN4O2. The minimum atomic E-state index is -0.336. The molecule has 0 saturated heterocycles. The highest BCUT2D eigenvalue weighted by atomic mass is 35.5. The molecule has 0 unspecified atom stereocenters. The van der Waals surface area contributed by atoms with Crippen molar-refractivity contribution < 1.29 is 9.53 Å². The fourth-order valence-electron chi connectivity index (χ4n) is 1.75. The van der Waals surface area contributed by atoms with Crippen molar-refractivity contribution in [2.45, 2.75) is 19.9 Å². The number of anilines is 2. The Balaban J connectivity index is 2.14. The Morgan fingerprint density at radius 2 is 1.95 bits per heavy atom. The Morgan fingerprint density at radius 1 is 1.27 bits per heavy atom. The standard InChI is InChI=1S/C15H17ClN4O2/c1-9(2)19-15-17-7-10(8-18-15)14(21)20-12-6-11(16)4-5-13(12)22-3/h4-9H,1-3H3,(H,20,21)(H,17,18,19). The number of benzene rings is 1. The summed E-state index contributed by atoms with van der Waals surface area (Å²) in [7, 11) is 1.52. The van der Waals surface area contributed by atoms with Crippen LogP contribution >= 0.6 is 11.6 Å². The Hall–Kier alpha value is -2.34. The van der Waals surface area contributed by atoms with Crippen LogP contribution in [0.4, 0.5) is 11.6 Å². The summed E-state index contributed by atoms with van der Waals surface area (Å²) < 4.78 is 5.19. The maximum absolute atomic E-state index is 12.2. The minimum absolute atomic E-state index is 0.218. The molecule has 2 N–H and O–H groups in total. The van der Waals surface area contributed by atoms with Crippen LogP contribution in [0.15, 0.2) is 30.6 Å². The average molecular weight is 321 g/mol. The maximum atomic E-state index is 12.2. The fraction of sp³-hybridized carbons (Fsp3) is 0.267. The van der Waals surface area contributed by atoms with E-state index in [1.807, 2.05) is 13.8 Å². The molecule has 1 amide bonds. The molecule has 0 atom stereocenters. The van der Waals surface area contributed by atoms with E-state index in [4.69, 9.17) is 16.3 Å². The number of aromatic nitrogens is 2. The Labute approximate surface area is 133 Å². The number of carbonyl (C=O) groups is 1. The van der Waals surface area contributed by atoms with Gasteiger partial charge in [-0.25, -0.2) is 9.97 Å². The third-order valence-electron chi connectivity index (χ3n) is 2.74. The van der Waals surface area contributed by atoms with Crippen LogP contribution < -0.4 is 15.4 Å². The zero-order valence-corrected chi connectivity index (χ0v) is 13.3. The number of hydrogen-bond donors (Lipinski definition) is 2. The summed E-state index contributed by atoms with van der Waals surface area (Å²) in [6, 6.07) is 5.21. The maximum Gasteiger partial charge on any atom is 0.258 e. The molecule has 0 aliphatic heterocycles. The van der Waals surface area contributed by atoms with Crippen LogP contribution in [0.1, 0.15) is 24.2 Å². The Kier molecular flexibility index (Phi) is 5.16. The molecule has 0 radical (unpaired) electrons. The second-order valence-electron chi connectivity index (χ2n) is 4.89. The molecule has 6 nitrogen and oxygen atoms in total. The van der Waals surface area contributed by atoms with E-state index < -0.39 is 0 Å². The smallest absolute Gasteiger partial charge is 0.258 e. The van der Waals surface area contributed by atoms with Crippen molar-refractivity contribution in [3.8, 4) is 5.75 Å². The lowest BCUT2D eigenvalue weighted by molar-refractivity contribution is 0.102. The first kappa shape index (κ1) is 16.0. The van der Waals surface area contributed by atoms with Gasteiger partial charge in [-0.2, -0.15) is 0 Å². The number of nitrogens with zero attached hydrogens (tertiary/aromatic N) is 2. The normalized spacial score (nSPS) is 10.4. The molecule has 22 heavy (non-hydrogen) atoms. The summed E-state index contributed by atoms with van der Waals surface area (Å²) in [6.07, 6.45) is 2.92. The monoisotopic (exact) mass is 320 g/mol. The number of ether oxygens (including phenoxy) is 1.